The molecule has 1 N–H and O–H groups in total. The number of aromatic nitrogens is 3. The zero-order valence-corrected chi connectivity index (χ0v) is 43.0. The monoisotopic (exact) mass is 1000 g/mol. The number of nitrogens with one attached hydrogen (secondary N) is 1. The summed E-state index contributed by atoms with van der Waals surface area (Å²) in [4.78, 5) is 25.6. The molecule has 0 amide bonds. The SMILES string of the molecule is C1=C(c2cccc(C3=CC(c4cccc(C5N=C(c6ccc(-c7ccccc7)cc6)N=C(c6ccccc6)N5)c4)=CCC3)c2)C=C(c2cccc(-c3nc(-c4ccccc4)nc(-c4cccc(-c5ccccc5)c4)n3)c2)CC1. The third-order valence-corrected chi connectivity index (χ3v) is 14.7. The van der Waals surface area contributed by atoms with Crippen molar-refractivity contribution in [3.8, 4) is 56.4 Å². The average molecular weight is 1000 g/mol. The fraction of sp³-hybridized carbons (Fsp3) is 0.0694. The molecule has 78 heavy (non-hydrogen) atoms. The molecule has 9 aromatic carbocycles. The van der Waals surface area contributed by atoms with Crippen LogP contribution in [-0.2, 0) is 0 Å². The van der Waals surface area contributed by atoms with Gasteiger partial charge in [-0.3, -0.25) is 0 Å². The lowest BCUT2D eigenvalue weighted by atomic mass is 9.87. The Balaban J connectivity index is 0.762. The molecule has 2 aliphatic carbocycles. The van der Waals surface area contributed by atoms with Gasteiger partial charge in [0, 0.05) is 27.8 Å². The molecule has 1 aromatic heterocycles. The van der Waals surface area contributed by atoms with Gasteiger partial charge >= 0.3 is 0 Å². The summed E-state index contributed by atoms with van der Waals surface area (Å²) < 4.78 is 0. The van der Waals surface area contributed by atoms with Gasteiger partial charge in [-0.15, -0.1) is 0 Å². The second-order valence-electron chi connectivity index (χ2n) is 19.9. The van der Waals surface area contributed by atoms with Gasteiger partial charge in [-0.1, -0.05) is 243 Å². The molecule has 1 unspecified atom stereocenters. The topological polar surface area (TPSA) is 75.4 Å². The van der Waals surface area contributed by atoms with Crippen molar-refractivity contribution >= 4 is 34.0 Å². The Morgan fingerprint density at radius 1 is 0.321 bits per heavy atom. The summed E-state index contributed by atoms with van der Waals surface area (Å²) >= 11 is 0. The first-order valence-corrected chi connectivity index (χ1v) is 26.9. The molecule has 0 fully saturated rings. The van der Waals surface area contributed by atoms with Gasteiger partial charge in [0.15, 0.2) is 23.3 Å². The summed E-state index contributed by atoms with van der Waals surface area (Å²) in [5, 5.41) is 3.68. The average Bonchev–Trinajstić information content (AvgIpc) is 3.61. The minimum atomic E-state index is -0.326. The minimum Gasteiger partial charge on any atom is -0.344 e. The zero-order valence-electron chi connectivity index (χ0n) is 43.0. The van der Waals surface area contributed by atoms with E-state index in [4.69, 9.17) is 24.9 Å². The Kier molecular flexibility index (Phi) is 13.3. The second kappa shape index (κ2) is 21.7. The maximum atomic E-state index is 5.25. The maximum absolute atomic E-state index is 5.25. The summed E-state index contributed by atoms with van der Waals surface area (Å²) in [6, 6.07) is 85.0. The van der Waals surface area contributed by atoms with Crippen molar-refractivity contribution in [3.05, 3.63) is 306 Å². The van der Waals surface area contributed by atoms with E-state index in [1.807, 2.05) is 48.5 Å². The van der Waals surface area contributed by atoms with Crippen molar-refractivity contribution in [2.45, 2.75) is 31.8 Å². The molecule has 6 heteroatoms. The van der Waals surface area contributed by atoms with Gasteiger partial charge in [-0.2, -0.15) is 0 Å². The number of allylic oxidation sites excluding steroid dienone is 8. The van der Waals surface area contributed by atoms with Crippen molar-refractivity contribution in [1.82, 2.24) is 20.3 Å². The highest BCUT2D eigenvalue weighted by molar-refractivity contribution is 6.13. The number of benzene rings is 9. The highest BCUT2D eigenvalue weighted by Gasteiger charge is 2.23. The van der Waals surface area contributed by atoms with E-state index in [1.54, 1.807) is 0 Å². The molecule has 0 radical (unpaired) electrons. The standard InChI is InChI=1S/C72H54N6/c1-5-19-49(20-6-1)51-39-41-54(42-40-51)69-73-67(52-23-9-3-10-24-52)74-70(77-69)65-37-17-34-62(47-65)60-32-14-30-58(44-60)56-28-13-29-57(43-56)59-31-15-33-61(45-59)63-35-18-38-66(48-63)72-76-68(53-25-11-4-12-26-53)75-71(78-72)64-36-16-27-55(46-64)50-21-7-2-8-22-50/h1-13,16-29,31-32,34-48,70H,14-15,30,33H2,(H,73,74,77). The predicted molar refractivity (Wildman–Crippen MR) is 322 cm³/mol. The molecule has 13 rings (SSSR count). The van der Waals surface area contributed by atoms with Crippen LogP contribution in [0.25, 0.3) is 78.7 Å². The van der Waals surface area contributed by atoms with Gasteiger partial charge in [0.05, 0.1) is 0 Å². The van der Waals surface area contributed by atoms with Gasteiger partial charge in [0.1, 0.15) is 12.0 Å². The molecule has 6 nitrogen and oxygen atoms in total. The minimum absolute atomic E-state index is 0.326. The van der Waals surface area contributed by atoms with Crippen LogP contribution in [0.4, 0.5) is 0 Å². The number of aliphatic imine (C=N–C) groups is 2. The van der Waals surface area contributed by atoms with E-state index >= 15 is 0 Å². The van der Waals surface area contributed by atoms with E-state index in [2.05, 4.69) is 224 Å². The predicted octanol–water partition coefficient (Wildman–Crippen LogP) is 17.2. The Morgan fingerprint density at radius 2 is 0.718 bits per heavy atom. The molecule has 1 aliphatic heterocycles. The van der Waals surface area contributed by atoms with Crippen LogP contribution in [0.5, 0.6) is 0 Å². The molecule has 1 atom stereocenters. The Labute approximate surface area is 456 Å². The molecule has 0 bridgehead atoms. The highest BCUT2D eigenvalue weighted by Crippen LogP contribution is 2.37. The van der Waals surface area contributed by atoms with E-state index in [9.17, 15) is 0 Å². The lowest BCUT2D eigenvalue weighted by Crippen LogP contribution is -2.33. The number of hydrogen-bond donors (Lipinski definition) is 1. The third kappa shape index (κ3) is 10.4. The van der Waals surface area contributed by atoms with E-state index < -0.39 is 0 Å². The van der Waals surface area contributed by atoms with Crippen LogP contribution in [0.2, 0.25) is 0 Å². The highest BCUT2D eigenvalue weighted by atomic mass is 15.2. The molecule has 0 saturated heterocycles. The Hall–Kier alpha value is -9.91. The Bertz CT molecular complexity index is 4020. The molecule has 3 aliphatic rings. The third-order valence-electron chi connectivity index (χ3n) is 14.7. The molecule has 0 saturated carbocycles. The first-order chi connectivity index (χ1) is 38.6. The van der Waals surface area contributed by atoms with Crippen molar-refractivity contribution in [3.63, 3.8) is 0 Å². The summed E-state index contributed by atoms with van der Waals surface area (Å²) in [6.45, 7) is 0. The van der Waals surface area contributed by atoms with Crippen LogP contribution in [0.15, 0.2) is 277 Å². The molecule has 10 aromatic rings. The van der Waals surface area contributed by atoms with E-state index in [0.717, 1.165) is 81.6 Å². The molecular weight excluding hydrogens is 949 g/mol. The summed E-state index contributed by atoms with van der Waals surface area (Å²) in [6.07, 6.45) is 13.0. The van der Waals surface area contributed by atoms with E-state index in [0.29, 0.717) is 23.3 Å². The van der Waals surface area contributed by atoms with Crippen molar-refractivity contribution < 1.29 is 0 Å². The van der Waals surface area contributed by atoms with Crippen molar-refractivity contribution in [1.29, 1.82) is 0 Å². The van der Waals surface area contributed by atoms with Gasteiger partial charge < -0.3 is 5.32 Å². The quantitative estimate of drug-likeness (QED) is 0.132. The number of rotatable bonds is 12. The van der Waals surface area contributed by atoms with Crippen LogP contribution in [-0.4, -0.2) is 26.6 Å². The lowest BCUT2D eigenvalue weighted by molar-refractivity contribution is 0.674. The smallest absolute Gasteiger partial charge is 0.164 e. The summed E-state index contributed by atoms with van der Waals surface area (Å²) in [7, 11) is 0. The first kappa shape index (κ1) is 47.8. The van der Waals surface area contributed by atoms with E-state index in [-0.39, 0.29) is 6.17 Å². The van der Waals surface area contributed by atoms with Crippen molar-refractivity contribution in [2.75, 3.05) is 0 Å². The van der Waals surface area contributed by atoms with Gasteiger partial charge in [-0.05, 0) is 122 Å². The van der Waals surface area contributed by atoms with Gasteiger partial charge in [0.25, 0.3) is 0 Å². The number of nitrogens with zero attached hydrogens (tertiary/aromatic N) is 5. The fourth-order valence-electron chi connectivity index (χ4n) is 10.7. The zero-order chi connectivity index (χ0) is 52.0. The van der Waals surface area contributed by atoms with Gasteiger partial charge in [0.2, 0.25) is 0 Å². The largest absolute Gasteiger partial charge is 0.344 e. The number of amidine groups is 2. The molecule has 2 heterocycles. The van der Waals surface area contributed by atoms with Gasteiger partial charge in [-0.25, -0.2) is 24.9 Å². The van der Waals surface area contributed by atoms with Crippen LogP contribution in [0.1, 0.15) is 70.8 Å². The van der Waals surface area contributed by atoms with Crippen molar-refractivity contribution in [2.24, 2.45) is 9.98 Å². The molecule has 372 valence electrons. The maximum Gasteiger partial charge on any atom is 0.164 e. The van der Waals surface area contributed by atoms with Crippen LogP contribution >= 0.6 is 0 Å². The fourth-order valence-corrected chi connectivity index (χ4v) is 10.7. The Morgan fingerprint density at radius 3 is 1.29 bits per heavy atom. The summed E-state index contributed by atoms with van der Waals surface area (Å²) in [5.74, 6) is 3.44. The van der Waals surface area contributed by atoms with Crippen LogP contribution in [0.3, 0.4) is 0 Å². The number of hydrogen-bond acceptors (Lipinski definition) is 6. The van der Waals surface area contributed by atoms with Crippen LogP contribution in [0, 0.1) is 0 Å². The lowest BCUT2D eigenvalue weighted by Gasteiger charge is -2.24. The summed E-state index contributed by atoms with van der Waals surface area (Å²) in [5.41, 5.74) is 20.4. The van der Waals surface area contributed by atoms with E-state index in [1.165, 1.54) is 50.1 Å². The normalized spacial score (nSPS) is 15.2. The second-order valence-corrected chi connectivity index (χ2v) is 19.9. The first-order valence-electron chi connectivity index (χ1n) is 26.9. The molecule has 0 spiro atoms. The van der Waals surface area contributed by atoms with Crippen LogP contribution < -0.4 is 5.32 Å². The molecular formula is C72H54N6.